The number of benzene rings is 1. The lowest BCUT2D eigenvalue weighted by molar-refractivity contribution is 0.0920. The number of carbonyl (C=O) groups excluding carboxylic acids is 1. The molecular weight excluding hydrogens is 216 g/mol. The van der Waals surface area contributed by atoms with Crippen molar-refractivity contribution in [2.24, 2.45) is 5.73 Å². The van der Waals surface area contributed by atoms with E-state index < -0.39 is 5.54 Å². The highest BCUT2D eigenvalue weighted by Crippen LogP contribution is 2.18. The maximum absolute atomic E-state index is 11.8. The van der Waals surface area contributed by atoms with E-state index in [1.165, 1.54) is 0 Å². The van der Waals surface area contributed by atoms with E-state index in [4.69, 9.17) is 10.2 Å². The third-order valence-electron chi connectivity index (χ3n) is 2.35. The Bertz CT molecular complexity index is 505. The van der Waals surface area contributed by atoms with Gasteiger partial charge in [0, 0.05) is 17.5 Å². The van der Waals surface area contributed by atoms with Crippen molar-refractivity contribution in [3.05, 3.63) is 36.1 Å². The van der Waals surface area contributed by atoms with Crippen molar-refractivity contribution >= 4 is 16.9 Å². The van der Waals surface area contributed by atoms with Crippen LogP contribution in [0.1, 0.15) is 24.4 Å². The number of para-hydroxylation sites is 1. The van der Waals surface area contributed by atoms with E-state index in [1.54, 1.807) is 6.07 Å². The molecule has 0 unspecified atom stereocenters. The highest BCUT2D eigenvalue weighted by Gasteiger charge is 2.16. The summed E-state index contributed by atoms with van der Waals surface area (Å²) in [4.78, 5) is 11.8. The van der Waals surface area contributed by atoms with Gasteiger partial charge < -0.3 is 15.5 Å². The molecule has 4 heteroatoms. The fourth-order valence-corrected chi connectivity index (χ4v) is 1.49. The summed E-state index contributed by atoms with van der Waals surface area (Å²) in [6.07, 6.45) is 0. The zero-order valence-corrected chi connectivity index (χ0v) is 9.99. The molecular formula is C13H16N2O2. The van der Waals surface area contributed by atoms with Gasteiger partial charge in [0.05, 0.1) is 0 Å². The monoisotopic (exact) mass is 232 g/mol. The van der Waals surface area contributed by atoms with Crippen LogP contribution < -0.4 is 11.1 Å². The Labute approximate surface area is 99.8 Å². The van der Waals surface area contributed by atoms with Gasteiger partial charge in [0.15, 0.2) is 5.76 Å². The Morgan fingerprint density at radius 2 is 2.12 bits per heavy atom. The van der Waals surface area contributed by atoms with Gasteiger partial charge in [0.25, 0.3) is 5.91 Å². The fraction of sp³-hybridized carbons (Fsp3) is 0.308. The van der Waals surface area contributed by atoms with Crippen LogP contribution in [-0.2, 0) is 0 Å². The number of rotatable bonds is 3. The molecule has 1 heterocycles. The highest BCUT2D eigenvalue weighted by molar-refractivity contribution is 5.96. The first-order chi connectivity index (χ1) is 7.96. The summed E-state index contributed by atoms with van der Waals surface area (Å²) in [6.45, 7) is 4.11. The molecule has 0 spiro atoms. The van der Waals surface area contributed by atoms with Crippen LogP contribution in [0.2, 0.25) is 0 Å². The summed E-state index contributed by atoms with van der Waals surface area (Å²) < 4.78 is 5.44. The van der Waals surface area contributed by atoms with Gasteiger partial charge in [-0.25, -0.2) is 0 Å². The first-order valence-electron chi connectivity index (χ1n) is 5.51. The Kier molecular flexibility index (Phi) is 2.90. The molecule has 1 aromatic carbocycles. The van der Waals surface area contributed by atoms with Gasteiger partial charge in [0.1, 0.15) is 5.58 Å². The number of hydrogen-bond donors (Lipinski definition) is 2. The summed E-state index contributed by atoms with van der Waals surface area (Å²) >= 11 is 0. The smallest absolute Gasteiger partial charge is 0.287 e. The lowest BCUT2D eigenvalue weighted by Gasteiger charge is -2.18. The van der Waals surface area contributed by atoms with E-state index in [1.807, 2.05) is 38.1 Å². The van der Waals surface area contributed by atoms with Crippen LogP contribution in [0.15, 0.2) is 34.7 Å². The molecule has 0 radical (unpaired) electrons. The van der Waals surface area contributed by atoms with Gasteiger partial charge in [-0.3, -0.25) is 4.79 Å². The minimum Gasteiger partial charge on any atom is -0.451 e. The molecule has 0 fully saturated rings. The zero-order valence-electron chi connectivity index (χ0n) is 9.99. The maximum atomic E-state index is 11.8. The second-order valence-electron chi connectivity index (χ2n) is 4.82. The summed E-state index contributed by atoms with van der Waals surface area (Å²) in [6, 6.07) is 9.24. The van der Waals surface area contributed by atoms with E-state index in [0.717, 1.165) is 5.39 Å². The fourth-order valence-electron chi connectivity index (χ4n) is 1.49. The summed E-state index contributed by atoms with van der Waals surface area (Å²) in [7, 11) is 0. The second kappa shape index (κ2) is 4.22. The largest absolute Gasteiger partial charge is 0.451 e. The van der Waals surface area contributed by atoms with Crippen LogP contribution in [0.5, 0.6) is 0 Å². The highest BCUT2D eigenvalue weighted by atomic mass is 16.3. The molecule has 0 aliphatic rings. The van der Waals surface area contributed by atoms with Gasteiger partial charge in [-0.05, 0) is 26.0 Å². The molecule has 1 aromatic heterocycles. The number of fused-ring (bicyclic) bond motifs is 1. The Morgan fingerprint density at radius 1 is 1.41 bits per heavy atom. The molecule has 3 N–H and O–H groups in total. The Morgan fingerprint density at radius 3 is 2.76 bits per heavy atom. The average molecular weight is 232 g/mol. The lowest BCUT2D eigenvalue weighted by atomic mass is 10.1. The van der Waals surface area contributed by atoms with Crippen LogP contribution in [0, 0.1) is 0 Å². The number of nitrogens with one attached hydrogen (secondary N) is 1. The molecule has 90 valence electrons. The first kappa shape index (κ1) is 11.7. The van der Waals surface area contributed by atoms with E-state index in [2.05, 4.69) is 5.32 Å². The molecule has 1 amide bonds. The van der Waals surface area contributed by atoms with Gasteiger partial charge in [0.2, 0.25) is 0 Å². The molecule has 0 atom stereocenters. The van der Waals surface area contributed by atoms with Crippen molar-refractivity contribution in [2.45, 2.75) is 19.4 Å². The molecule has 0 saturated carbocycles. The third kappa shape index (κ3) is 2.85. The molecule has 0 saturated heterocycles. The molecule has 0 aliphatic carbocycles. The van der Waals surface area contributed by atoms with Crippen molar-refractivity contribution in [3.63, 3.8) is 0 Å². The molecule has 2 rings (SSSR count). The minimum absolute atomic E-state index is 0.236. The number of furan rings is 1. The predicted octanol–water partition coefficient (Wildman–Crippen LogP) is 1.90. The Balaban J connectivity index is 2.14. The molecule has 2 aromatic rings. The van der Waals surface area contributed by atoms with Crippen molar-refractivity contribution in [1.29, 1.82) is 0 Å². The van der Waals surface area contributed by atoms with Gasteiger partial charge in [-0.2, -0.15) is 0 Å². The van der Waals surface area contributed by atoms with Gasteiger partial charge >= 0.3 is 0 Å². The molecule has 0 bridgehead atoms. The lowest BCUT2D eigenvalue weighted by Crippen LogP contribution is -2.45. The number of hydrogen-bond acceptors (Lipinski definition) is 3. The number of nitrogens with two attached hydrogens (primary N) is 1. The van der Waals surface area contributed by atoms with Gasteiger partial charge in [-0.15, -0.1) is 0 Å². The topological polar surface area (TPSA) is 68.3 Å². The van der Waals surface area contributed by atoms with Crippen LogP contribution in [-0.4, -0.2) is 18.0 Å². The summed E-state index contributed by atoms with van der Waals surface area (Å²) in [5, 5.41) is 3.66. The van der Waals surface area contributed by atoms with Crippen molar-refractivity contribution in [1.82, 2.24) is 5.32 Å². The third-order valence-corrected chi connectivity index (χ3v) is 2.35. The van der Waals surface area contributed by atoms with Crippen LogP contribution >= 0.6 is 0 Å². The minimum atomic E-state index is -0.429. The van der Waals surface area contributed by atoms with Crippen molar-refractivity contribution < 1.29 is 9.21 Å². The van der Waals surface area contributed by atoms with E-state index in [0.29, 0.717) is 17.9 Å². The normalized spacial score (nSPS) is 11.7. The quantitative estimate of drug-likeness (QED) is 0.849. The molecule has 4 nitrogen and oxygen atoms in total. The number of amides is 1. The van der Waals surface area contributed by atoms with Crippen LogP contribution in [0.25, 0.3) is 11.0 Å². The maximum Gasteiger partial charge on any atom is 0.287 e. The second-order valence-corrected chi connectivity index (χ2v) is 4.82. The van der Waals surface area contributed by atoms with Crippen molar-refractivity contribution in [3.8, 4) is 0 Å². The van der Waals surface area contributed by atoms with E-state index in [9.17, 15) is 4.79 Å². The average Bonchev–Trinajstić information content (AvgIpc) is 2.68. The summed E-state index contributed by atoms with van der Waals surface area (Å²) in [5.41, 5.74) is 6.08. The van der Waals surface area contributed by atoms with Crippen LogP contribution in [0.3, 0.4) is 0 Å². The van der Waals surface area contributed by atoms with Crippen LogP contribution in [0.4, 0.5) is 0 Å². The standard InChI is InChI=1S/C13H16N2O2/c1-13(2,14)8-15-12(16)11-7-9-5-3-4-6-10(9)17-11/h3-7H,8,14H2,1-2H3,(H,15,16). The SMILES string of the molecule is CC(C)(N)CNC(=O)c1cc2ccccc2o1. The van der Waals surface area contributed by atoms with E-state index >= 15 is 0 Å². The summed E-state index contributed by atoms with van der Waals surface area (Å²) in [5.74, 6) is 0.0789. The van der Waals surface area contributed by atoms with E-state index in [-0.39, 0.29) is 5.91 Å². The Hall–Kier alpha value is -1.81. The molecule has 0 aliphatic heterocycles. The zero-order chi connectivity index (χ0) is 12.5. The van der Waals surface area contributed by atoms with Crippen molar-refractivity contribution in [2.75, 3.05) is 6.54 Å². The predicted molar refractivity (Wildman–Crippen MR) is 66.8 cm³/mol. The first-order valence-corrected chi connectivity index (χ1v) is 5.51. The van der Waals surface area contributed by atoms with Gasteiger partial charge in [-0.1, -0.05) is 18.2 Å². The number of carbonyl (C=O) groups is 1. The molecule has 17 heavy (non-hydrogen) atoms.